The van der Waals surface area contributed by atoms with E-state index in [1.165, 1.54) is 0 Å². The Morgan fingerprint density at radius 2 is 1.67 bits per heavy atom. The standard InChI is InChI=1S/C6H3F3/c7-3-1-6(9)2-4(8)5(3)6/h1-2,5H. The van der Waals surface area contributed by atoms with Crippen LogP contribution < -0.4 is 0 Å². The molecule has 2 rings (SSSR count). The predicted molar refractivity (Wildman–Crippen MR) is 25.7 cm³/mol. The van der Waals surface area contributed by atoms with E-state index in [4.69, 9.17) is 0 Å². The molecule has 2 aliphatic rings. The van der Waals surface area contributed by atoms with Gasteiger partial charge in [0.2, 0.25) is 0 Å². The first-order valence-corrected chi connectivity index (χ1v) is 2.59. The van der Waals surface area contributed by atoms with Crippen molar-refractivity contribution in [1.82, 2.24) is 0 Å². The Labute approximate surface area is 49.7 Å². The van der Waals surface area contributed by atoms with Gasteiger partial charge in [-0.05, 0) is 12.2 Å². The molecular weight excluding hydrogens is 129 g/mol. The fraction of sp³-hybridized carbons (Fsp3) is 0.333. The van der Waals surface area contributed by atoms with Crippen molar-refractivity contribution < 1.29 is 13.2 Å². The summed E-state index contributed by atoms with van der Waals surface area (Å²) in [5.74, 6) is -2.55. The summed E-state index contributed by atoms with van der Waals surface area (Å²) in [6.07, 6.45) is 1.58. The van der Waals surface area contributed by atoms with Gasteiger partial charge in [-0.25, -0.2) is 13.2 Å². The quantitative estimate of drug-likeness (QED) is 0.473. The lowest BCUT2D eigenvalue weighted by molar-refractivity contribution is 0.116. The number of hydrogen-bond acceptors (Lipinski definition) is 0. The summed E-state index contributed by atoms with van der Waals surface area (Å²) in [5, 5.41) is 0. The van der Waals surface area contributed by atoms with Crippen molar-refractivity contribution in [3.05, 3.63) is 23.8 Å². The van der Waals surface area contributed by atoms with Crippen LogP contribution in [0.3, 0.4) is 0 Å². The number of rotatable bonds is 0. The zero-order valence-electron chi connectivity index (χ0n) is 4.37. The molecule has 0 aliphatic heterocycles. The van der Waals surface area contributed by atoms with E-state index < -0.39 is 23.2 Å². The van der Waals surface area contributed by atoms with Crippen LogP contribution in [0.4, 0.5) is 13.2 Å². The largest absolute Gasteiger partial charge is 0.233 e. The van der Waals surface area contributed by atoms with E-state index in [9.17, 15) is 13.2 Å². The number of halogens is 3. The Kier molecular flexibility index (Phi) is 0.610. The average Bonchev–Trinajstić information content (AvgIpc) is 1.61. The Bertz CT molecular complexity index is 206. The molecule has 0 saturated heterocycles. The third kappa shape index (κ3) is 0.373. The van der Waals surface area contributed by atoms with Crippen LogP contribution in [0.15, 0.2) is 23.8 Å². The zero-order chi connectivity index (χ0) is 6.65. The van der Waals surface area contributed by atoms with Crippen LogP contribution >= 0.6 is 0 Å². The molecule has 0 bridgehead atoms. The maximum Gasteiger partial charge on any atom is 0.168 e. The van der Waals surface area contributed by atoms with Crippen molar-refractivity contribution in [3.63, 3.8) is 0 Å². The van der Waals surface area contributed by atoms with Crippen LogP contribution in [-0.2, 0) is 0 Å². The molecule has 48 valence electrons. The molecular formula is C6H3F3. The molecule has 0 atom stereocenters. The zero-order valence-corrected chi connectivity index (χ0v) is 4.37. The number of fused-ring (bicyclic) bond motifs is 1. The fourth-order valence-corrected chi connectivity index (χ4v) is 1.16. The van der Waals surface area contributed by atoms with Crippen molar-refractivity contribution >= 4 is 0 Å². The molecule has 0 unspecified atom stereocenters. The molecule has 0 heterocycles. The van der Waals surface area contributed by atoms with Gasteiger partial charge in [0.25, 0.3) is 0 Å². The van der Waals surface area contributed by atoms with Gasteiger partial charge in [0, 0.05) is 0 Å². The highest BCUT2D eigenvalue weighted by atomic mass is 19.2. The van der Waals surface area contributed by atoms with Gasteiger partial charge in [0.05, 0.1) is 0 Å². The molecule has 3 heteroatoms. The van der Waals surface area contributed by atoms with Crippen LogP contribution in [0.25, 0.3) is 0 Å². The molecule has 2 aliphatic carbocycles. The number of hydrogen-bond donors (Lipinski definition) is 0. The van der Waals surface area contributed by atoms with Gasteiger partial charge >= 0.3 is 0 Å². The minimum atomic E-state index is -1.77. The van der Waals surface area contributed by atoms with Crippen molar-refractivity contribution in [2.45, 2.75) is 5.67 Å². The Morgan fingerprint density at radius 3 is 1.78 bits per heavy atom. The van der Waals surface area contributed by atoms with E-state index in [0.717, 1.165) is 12.2 Å². The van der Waals surface area contributed by atoms with E-state index in [2.05, 4.69) is 0 Å². The Hall–Kier alpha value is -0.730. The van der Waals surface area contributed by atoms with Crippen LogP contribution in [0.1, 0.15) is 0 Å². The van der Waals surface area contributed by atoms with E-state index in [1.54, 1.807) is 0 Å². The van der Waals surface area contributed by atoms with Crippen molar-refractivity contribution in [1.29, 1.82) is 0 Å². The maximum atomic E-state index is 12.6. The maximum absolute atomic E-state index is 12.6. The molecule has 0 aromatic heterocycles. The van der Waals surface area contributed by atoms with Crippen LogP contribution in [0.5, 0.6) is 0 Å². The van der Waals surface area contributed by atoms with Crippen LogP contribution in [0, 0.1) is 5.92 Å². The highest BCUT2D eigenvalue weighted by Gasteiger charge is 2.57. The molecule has 0 radical (unpaired) electrons. The third-order valence-electron chi connectivity index (χ3n) is 1.71. The van der Waals surface area contributed by atoms with Crippen LogP contribution in [-0.4, -0.2) is 5.67 Å². The predicted octanol–water partition coefficient (Wildman–Crippen LogP) is 2.04. The second kappa shape index (κ2) is 1.08. The molecule has 0 amide bonds. The first kappa shape index (κ1) is 5.09. The van der Waals surface area contributed by atoms with Gasteiger partial charge < -0.3 is 0 Å². The summed E-state index contributed by atoms with van der Waals surface area (Å²) in [6, 6.07) is 0. The molecule has 0 N–H and O–H groups in total. The van der Waals surface area contributed by atoms with Gasteiger partial charge in [-0.2, -0.15) is 0 Å². The van der Waals surface area contributed by atoms with E-state index in [-0.39, 0.29) is 0 Å². The Balaban J connectivity index is 2.37. The molecule has 0 spiro atoms. The van der Waals surface area contributed by atoms with Crippen molar-refractivity contribution in [3.8, 4) is 0 Å². The molecule has 0 nitrogen and oxygen atoms in total. The summed E-state index contributed by atoms with van der Waals surface area (Å²) < 4.78 is 36.7. The summed E-state index contributed by atoms with van der Waals surface area (Å²) in [7, 11) is 0. The topological polar surface area (TPSA) is 0 Å². The summed E-state index contributed by atoms with van der Waals surface area (Å²) >= 11 is 0. The van der Waals surface area contributed by atoms with Gasteiger partial charge in [-0.15, -0.1) is 0 Å². The minimum absolute atomic E-state index is 0.683. The number of alkyl halides is 1. The summed E-state index contributed by atoms with van der Waals surface area (Å²) in [4.78, 5) is 0. The lowest BCUT2D eigenvalue weighted by atomic mass is 9.68. The molecule has 0 aromatic rings. The second-order valence-electron chi connectivity index (χ2n) is 2.32. The highest BCUT2D eigenvalue weighted by molar-refractivity contribution is 5.48. The first-order valence-electron chi connectivity index (χ1n) is 2.59. The first-order chi connectivity index (χ1) is 4.13. The lowest BCUT2D eigenvalue weighted by Crippen LogP contribution is -2.45. The second-order valence-corrected chi connectivity index (χ2v) is 2.32. The van der Waals surface area contributed by atoms with Crippen LogP contribution in [0.2, 0.25) is 0 Å². The normalized spacial score (nSPS) is 45.9. The van der Waals surface area contributed by atoms with Gasteiger partial charge in [-0.3, -0.25) is 0 Å². The SMILES string of the molecule is FC1=CC2(F)C=C(F)C12. The third-order valence-corrected chi connectivity index (χ3v) is 1.71. The Morgan fingerprint density at radius 1 is 1.22 bits per heavy atom. The van der Waals surface area contributed by atoms with E-state index >= 15 is 0 Å². The van der Waals surface area contributed by atoms with E-state index in [1.807, 2.05) is 0 Å². The fourth-order valence-electron chi connectivity index (χ4n) is 1.16. The van der Waals surface area contributed by atoms with Gasteiger partial charge in [0.15, 0.2) is 5.67 Å². The monoisotopic (exact) mass is 132 g/mol. The highest BCUT2D eigenvalue weighted by Crippen LogP contribution is 2.54. The van der Waals surface area contributed by atoms with Gasteiger partial charge in [-0.1, -0.05) is 0 Å². The molecule has 0 aromatic carbocycles. The molecule has 0 fully saturated rings. The molecule has 0 saturated carbocycles. The molecule has 9 heavy (non-hydrogen) atoms. The van der Waals surface area contributed by atoms with Crippen molar-refractivity contribution in [2.24, 2.45) is 5.92 Å². The smallest absolute Gasteiger partial charge is 0.168 e. The number of allylic oxidation sites excluding steroid dienone is 4. The summed E-state index contributed by atoms with van der Waals surface area (Å²) in [5.41, 5.74) is -1.77. The average molecular weight is 132 g/mol. The van der Waals surface area contributed by atoms with E-state index in [0.29, 0.717) is 0 Å². The lowest BCUT2D eigenvalue weighted by Gasteiger charge is -2.41. The summed E-state index contributed by atoms with van der Waals surface area (Å²) in [6.45, 7) is 0. The van der Waals surface area contributed by atoms with Crippen molar-refractivity contribution in [2.75, 3.05) is 0 Å². The van der Waals surface area contributed by atoms with Gasteiger partial charge in [0.1, 0.15) is 17.6 Å². The minimum Gasteiger partial charge on any atom is -0.233 e.